The van der Waals surface area contributed by atoms with E-state index in [9.17, 15) is 4.79 Å². The Balaban J connectivity index is 2.64. The molecule has 1 N–H and O–H groups in total. The summed E-state index contributed by atoms with van der Waals surface area (Å²) in [6, 6.07) is 1.43. The van der Waals surface area contributed by atoms with E-state index in [2.05, 4.69) is 16.3 Å². The molecule has 0 radical (unpaired) electrons. The lowest BCUT2D eigenvalue weighted by molar-refractivity contribution is 0.0939. The van der Waals surface area contributed by atoms with Gasteiger partial charge in [0.15, 0.2) is 0 Å². The Kier molecular flexibility index (Phi) is 3.29. The van der Waals surface area contributed by atoms with Crippen LogP contribution in [0.1, 0.15) is 23.8 Å². The minimum Gasteiger partial charge on any atom is -0.337 e. The molecule has 0 bridgehead atoms. The summed E-state index contributed by atoms with van der Waals surface area (Å²) >= 11 is 0. The largest absolute Gasteiger partial charge is 0.337 e. The summed E-state index contributed by atoms with van der Waals surface area (Å²) in [5.41, 5.74) is 0.390. The highest BCUT2D eigenvalue weighted by Gasteiger charge is 2.11. The number of carbonyl (C=O) groups is 1. The molecule has 1 unspecified atom stereocenters. The number of hydrogen-bond acceptors (Lipinski definition) is 2. The molecule has 1 rings (SSSR count). The Morgan fingerprint density at radius 2 is 2.57 bits per heavy atom. The Hall–Kier alpha value is -1.76. The maximum atomic E-state index is 11.5. The molecule has 1 atom stereocenters. The molecule has 4 nitrogen and oxygen atoms in total. The van der Waals surface area contributed by atoms with E-state index in [4.69, 9.17) is 6.42 Å². The number of aromatic nitrogens is 2. The van der Waals surface area contributed by atoms with Crippen molar-refractivity contribution in [2.75, 3.05) is 0 Å². The van der Waals surface area contributed by atoms with Crippen molar-refractivity contribution < 1.29 is 4.79 Å². The van der Waals surface area contributed by atoms with Crippen molar-refractivity contribution in [2.45, 2.75) is 19.4 Å². The maximum Gasteiger partial charge on any atom is 0.272 e. The third-order valence-electron chi connectivity index (χ3n) is 1.86. The third-order valence-corrected chi connectivity index (χ3v) is 1.86. The number of nitrogens with zero attached hydrogens (tertiary/aromatic N) is 2. The Bertz CT molecular complexity index is 362. The highest BCUT2D eigenvalue weighted by atomic mass is 16.2. The fraction of sp³-hybridized carbons (Fsp3) is 0.400. The molecule has 0 fully saturated rings. The molecule has 0 aliphatic carbocycles. The number of nitrogens with one attached hydrogen (secondary N) is 1. The quantitative estimate of drug-likeness (QED) is 0.710. The minimum absolute atomic E-state index is 0.218. The van der Waals surface area contributed by atoms with E-state index in [1.165, 1.54) is 0 Å². The standard InChI is InChI=1S/C10H13N3O/c1-4-8(5-2)11-10(14)9-6-7-13(3)12-9/h1,6-8H,5H2,2-3H3,(H,11,14). The van der Waals surface area contributed by atoms with Crippen molar-refractivity contribution in [3.8, 4) is 12.3 Å². The van der Waals surface area contributed by atoms with Crippen molar-refractivity contribution in [3.63, 3.8) is 0 Å². The average Bonchev–Trinajstić information content (AvgIpc) is 2.61. The van der Waals surface area contributed by atoms with E-state index in [0.29, 0.717) is 5.69 Å². The van der Waals surface area contributed by atoms with E-state index in [1.54, 1.807) is 24.0 Å². The van der Waals surface area contributed by atoms with E-state index in [-0.39, 0.29) is 11.9 Å². The second-order valence-electron chi connectivity index (χ2n) is 2.98. The molecule has 0 aliphatic heterocycles. The molecule has 1 aromatic heterocycles. The number of carbonyl (C=O) groups excluding carboxylic acids is 1. The van der Waals surface area contributed by atoms with Crippen molar-refractivity contribution in [1.29, 1.82) is 0 Å². The highest BCUT2D eigenvalue weighted by molar-refractivity contribution is 5.92. The van der Waals surface area contributed by atoms with Gasteiger partial charge in [-0.2, -0.15) is 5.10 Å². The number of aryl methyl sites for hydroxylation is 1. The van der Waals surface area contributed by atoms with Gasteiger partial charge >= 0.3 is 0 Å². The lowest BCUT2D eigenvalue weighted by Gasteiger charge is -2.08. The van der Waals surface area contributed by atoms with E-state index in [0.717, 1.165) is 6.42 Å². The first-order valence-corrected chi connectivity index (χ1v) is 4.44. The van der Waals surface area contributed by atoms with Crippen LogP contribution in [0.2, 0.25) is 0 Å². The number of amides is 1. The Morgan fingerprint density at radius 1 is 1.86 bits per heavy atom. The predicted octanol–water partition coefficient (Wildman–Crippen LogP) is 0.562. The van der Waals surface area contributed by atoms with E-state index >= 15 is 0 Å². The summed E-state index contributed by atoms with van der Waals surface area (Å²) in [6.45, 7) is 1.92. The fourth-order valence-corrected chi connectivity index (χ4v) is 1.03. The van der Waals surface area contributed by atoms with Crippen molar-refractivity contribution in [1.82, 2.24) is 15.1 Å². The van der Waals surface area contributed by atoms with Crippen LogP contribution in [-0.2, 0) is 7.05 Å². The van der Waals surface area contributed by atoms with Crippen LogP contribution in [0.4, 0.5) is 0 Å². The molecular weight excluding hydrogens is 178 g/mol. The van der Waals surface area contributed by atoms with Gasteiger partial charge in [-0.05, 0) is 12.5 Å². The summed E-state index contributed by atoms with van der Waals surface area (Å²) in [5.74, 6) is 2.27. The van der Waals surface area contributed by atoms with Crippen LogP contribution in [-0.4, -0.2) is 21.7 Å². The summed E-state index contributed by atoms with van der Waals surface area (Å²) in [4.78, 5) is 11.5. The Morgan fingerprint density at radius 3 is 3.00 bits per heavy atom. The zero-order chi connectivity index (χ0) is 10.6. The normalized spacial score (nSPS) is 11.8. The lowest BCUT2D eigenvalue weighted by atomic mass is 10.2. The molecule has 0 saturated carbocycles. The van der Waals surface area contributed by atoms with Gasteiger partial charge in [0.1, 0.15) is 5.69 Å². The second-order valence-corrected chi connectivity index (χ2v) is 2.98. The van der Waals surface area contributed by atoms with Crippen molar-refractivity contribution >= 4 is 5.91 Å². The molecule has 0 saturated heterocycles. The molecule has 0 aromatic carbocycles. The minimum atomic E-state index is -0.226. The second kappa shape index (κ2) is 4.47. The zero-order valence-electron chi connectivity index (χ0n) is 8.32. The smallest absolute Gasteiger partial charge is 0.272 e. The van der Waals surface area contributed by atoms with Crippen LogP contribution < -0.4 is 5.32 Å². The first-order chi connectivity index (χ1) is 6.67. The maximum absolute atomic E-state index is 11.5. The topological polar surface area (TPSA) is 46.9 Å². The van der Waals surface area contributed by atoms with Gasteiger partial charge in [-0.1, -0.05) is 12.8 Å². The molecule has 4 heteroatoms. The first kappa shape index (κ1) is 10.3. The van der Waals surface area contributed by atoms with E-state index < -0.39 is 0 Å². The zero-order valence-corrected chi connectivity index (χ0v) is 8.32. The highest BCUT2D eigenvalue weighted by Crippen LogP contribution is 1.96. The van der Waals surface area contributed by atoms with Gasteiger partial charge in [0.25, 0.3) is 5.91 Å². The summed E-state index contributed by atoms with van der Waals surface area (Å²) in [6.07, 6.45) is 7.66. The number of hydrogen-bond donors (Lipinski definition) is 1. The summed E-state index contributed by atoms with van der Waals surface area (Å²) in [5, 5.41) is 6.66. The fourth-order valence-electron chi connectivity index (χ4n) is 1.03. The molecule has 1 aromatic rings. The van der Waals surface area contributed by atoms with Gasteiger partial charge in [0.05, 0.1) is 6.04 Å². The average molecular weight is 191 g/mol. The van der Waals surface area contributed by atoms with Crippen LogP contribution in [0.5, 0.6) is 0 Å². The summed E-state index contributed by atoms with van der Waals surface area (Å²) < 4.78 is 1.58. The lowest BCUT2D eigenvalue weighted by Crippen LogP contribution is -2.33. The van der Waals surface area contributed by atoms with Gasteiger partial charge < -0.3 is 5.32 Å². The van der Waals surface area contributed by atoms with Crippen LogP contribution >= 0.6 is 0 Å². The van der Waals surface area contributed by atoms with Gasteiger partial charge in [0, 0.05) is 13.2 Å². The molecular formula is C10H13N3O. The first-order valence-electron chi connectivity index (χ1n) is 4.44. The van der Waals surface area contributed by atoms with Crippen molar-refractivity contribution in [3.05, 3.63) is 18.0 Å². The van der Waals surface area contributed by atoms with Crippen molar-refractivity contribution in [2.24, 2.45) is 7.05 Å². The molecule has 0 spiro atoms. The van der Waals surface area contributed by atoms with Gasteiger partial charge in [-0.3, -0.25) is 9.48 Å². The molecule has 74 valence electrons. The molecule has 1 heterocycles. The predicted molar refractivity (Wildman–Crippen MR) is 53.6 cm³/mol. The van der Waals surface area contributed by atoms with Gasteiger partial charge in [0.2, 0.25) is 0 Å². The van der Waals surface area contributed by atoms with Gasteiger partial charge in [-0.25, -0.2) is 0 Å². The Labute approximate surface area is 83.3 Å². The van der Waals surface area contributed by atoms with Crippen LogP contribution in [0.3, 0.4) is 0 Å². The van der Waals surface area contributed by atoms with Crippen LogP contribution in [0, 0.1) is 12.3 Å². The van der Waals surface area contributed by atoms with Gasteiger partial charge in [-0.15, -0.1) is 6.42 Å². The third kappa shape index (κ3) is 2.36. The molecule has 1 amide bonds. The van der Waals surface area contributed by atoms with E-state index in [1.807, 2.05) is 6.92 Å². The van der Waals surface area contributed by atoms with Crippen LogP contribution in [0.25, 0.3) is 0 Å². The van der Waals surface area contributed by atoms with Crippen LogP contribution in [0.15, 0.2) is 12.3 Å². The monoisotopic (exact) mass is 191 g/mol. The molecule has 14 heavy (non-hydrogen) atoms. The number of rotatable bonds is 3. The number of terminal acetylenes is 1. The SMILES string of the molecule is C#CC(CC)NC(=O)c1ccn(C)n1. The molecule has 0 aliphatic rings. The summed E-state index contributed by atoms with van der Waals surface area (Å²) in [7, 11) is 1.76.